The van der Waals surface area contributed by atoms with Gasteiger partial charge in [0.1, 0.15) is 0 Å². The molecule has 104 valence electrons. The molecule has 2 unspecified atom stereocenters. The molecule has 1 aliphatic heterocycles. The molecule has 1 rings (SSSR count). The second kappa shape index (κ2) is 7.24. The molecule has 0 aromatic carbocycles. The van der Waals surface area contributed by atoms with Gasteiger partial charge in [-0.15, -0.1) is 0 Å². The van der Waals surface area contributed by atoms with E-state index in [1.807, 2.05) is 4.90 Å². The first-order valence-corrected chi connectivity index (χ1v) is 6.80. The van der Waals surface area contributed by atoms with Crippen LogP contribution in [-0.2, 0) is 4.79 Å². The lowest BCUT2D eigenvalue weighted by Crippen LogP contribution is -2.51. The number of likely N-dealkylation sites (tertiary alicyclic amines) is 1. The molecule has 1 saturated heterocycles. The number of carbonyl (C=O) groups is 2. The van der Waals surface area contributed by atoms with E-state index in [2.05, 4.69) is 19.2 Å². The Hall–Kier alpha value is -1.26. The summed E-state index contributed by atoms with van der Waals surface area (Å²) in [5.41, 5.74) is 0. The number of urea groups is 1. The van der Waals surface area contributed by atoms with Crippen molar-refractivity contribution in [3.63, 3.8) is 0 Å². The maximum Gasteiger partial charge on any atom is 0.317 e. The van der Waals surface area contributed by atoms with Gasteiger partial charge in [0.2, 0.25) is 0 Å². The zero-order valence-corrected chi connectivity index (χ0v) is 11.3. The molecule has 0 spiro atoms. The van der Waals surface area contributed by atoms with E-state index in [0.717, 1.165) is 12.8 Å². The second-order valence-electron chi connectivity index (χ2n) is 5.12. The van der Waals surface area contributed by atoms with Crippen molar-refractivity contribution in [3.05, 3.63) is 0 Å². The number of carboxylic acid groups (broad SMARTS) is 1. The molecule has 5 heteroatoms. The highest BCUT2D eigenvalue weighted by Crippen LogP contribution is 2.22. The van der Waals surface area contributed by atoms with Crippen molar-refractivity contribution in [2.75, 3.05) is 6.54 Å². The molecule has 0 aliphatic carbocycles. The molecule has 2 amide bonds. The van der Waals surface area contributed by atoms with Crippen LogP contribution in [0.2, 0.25) is 0 Å². The lowest BCUT2D eigenvalue weighted by molar-refractivity contribution is -0.137. The lowest BCUT2D eigenvalue weighted by atomic mass is 9.98. The normalized spacial score (nSPS) is 23.8. The minimum Gasteiger partial charge on any atom is -0.481 e. The average molecular weight is 256 g/mol. The summed E-state index contributed by atoms with van der Waals surface area (Å²) in [6.45, 7) is 4.72. The third kappa shape index (κ3) is 4.55. The minimum absolute atomic E-state index is 0.00924. The fraction of sp³-hybridized carbons (Fsp3) is 0.846. The van der Waals surface area contributed by atoms with Gasteiger partial charge in [0.05, 0.1) is 0 Å². The molecular formula is C13H24N2O3. The van der Waals surface area contributed by atoms with Crippen LogP contribution in [0.3, 0.4) is 0 Å². The van der Waals surface area contributed by atoms with Crippen LogP contribution in [0.4, 0.5) is 4.79 Å². The summed E-state index contributed by atoms with van der Waals surface area (Å²) in [6, 6.07) is 0.588. The Balaban J connectivity index is 2.24. The molecule has 0 bridgehead atoms. The van der Waals surface area contributed by atoms with Crippen LogP contribution in [0.1, 0.15) is 52.4 Å². The Kier molecular flexibility index (Phi) is 5.95. The van der Waals surface area contributed by atoms with Gasteiger partial charge in [-0.25, -0.2) is 4.79 Å². The van der Waals surface area contributed by atoms with E-state index in [4.69, 9.17) is 5.11 Å². The molecule has 0 aromatic rings. The topological polar surface area (TPSA) is 69.6 Å². The number of nitrogens with one attached hydrogen (secondary N) is 1. The number of unbranched alkanes of at least 4 members (excludes halogenated alkanes) is 1. The molecule has 5 nitrogen and oxygen atoms in total. The highest BCUT2D eigenvalue weighted by Gasteiger charge is 2.28. The molecule has 0 radical (unpaired) electrons. The van der Waals surface area contributed by atoms with Gasteiger partial charge in [0.15, 0.2) is 0 Å². The second-order valence-corrected chi connectivity index (χ2v) is 5.12. The third-order valence-corrected chi connectivity index (χ3v) is 3.52. The number of hydrogen-bond acceptors (Lipinski definition) is 2. The van der Waals surface area contributed by atoms with Gasteiger partial charge in [0.25, 0.3) is 0 Å². The largest absolute Gasteiger partial charge is 0.481 e. The van der Waals surface area contributed by atoms with Gasteiger partial charge >= 0.3 is 12.0 Å². The summed E-state index contributed by atoms with van der Waals surface area (Å²) in [6.07, 6.45) is 4.82. The van der Waals surface area contributed by atoms with Crippen molar-refractivity contribution in [1.82, 2.24) is 10.2 Å². The summed E-state index contributed by atoms with van der Waals surface area (Å²) in [5.74, 6) is -0.778. The first-order chi connectivity index (χ1) is 8.52. The van der Waals surface area contributed by atoms with Gasteiger partial charge < -0.3 is 15.3 Å². The van der Waals surface area contributed by atoms with Crippen molar-refractivity contribution < 1.29 is 14.7 Å². The van der Waals surface area contributed by atoms with Crippen LogP contribution in [0.15, 0.2) is 0 Å². The molecule has 1 aliphatic rings. The van der Waals surface area contributed by atoms with E-state index in [-0.39, 0.29) is 12.5 Å². The predicted octanol–water partition coefficient (Wildman–Crippen LogP) is 2.21. The molecule has 2 N–H and O–H groups in total. The Morgan fingerprint density at radius 1 is 1.22 bits per heavy atom. The van der Waals surface area contributed by atoms with E-state index < -0.39 is 5.97 Å². The Morgan fingerprint density at radius 2 is 1.83 bits per heavy atom. The van der Waals surface area contributed by atoms with Crippen molar-refractivity contribution in [1.29, 1.82) is 0 Å². The first kappa shape index (κ1) is 14.8. The number of nitrogens with zero attached hydrogens (tertiary/aromatic N) is 1. The summed E-state index contributed by atoms with van der Waals surface area (Å²) in [5, 5.41) is 11.4. The van der Waals surface area contributed by atoms with Gasteiger partial charge in [-0.05, 0) is 46.0 Å². The van der Waals surface area contributed by atoms with E-state index in [9.17, 15) is 9.59 Å². The monoisotopic (exact) mass is 256 g/mol. The highest BCUT2D eigenvalue weighted by molar-refractivity contribution is 5.75. The van der Waals surface area contributed by atoms with E-state index in [1.165, 1.54) is 6.42 Å². The van der Waals surface area contributed by atoms with E-state index >= 15 is 0 Å². The van der Waals surface area contributed by atoms with Crippen LogP contribution >= 0.6 is 0 Å². The Morgan fingerprint density at radius 3 is 2.39 bits per heavy atom. The summed E-state index contributed by atoms with van der Waals surface area (Å²) in [4.78, 5) is 24.3. The van der Waals surface area contributed by atoms with Crippen molar-refractivity contribution in [2.45, 2.75) is 64.5 Å². The number of carbonyl (C=O) groups excluding carboxylic acids is 1. The number of rotatable bonds is 5. The zero-order valence-electron chi connectivity index (χ0n) is 11.3. The van der Waals surface area contributed by atoms with Crippen molar-refractivity contribution >= 4 is 12.0 Å². The third-order valence-electron chi connectivity index (χ3n) is 3.52. The van der Waals surface area contributed by atoms with Gasteiger partial charge in [0, 0.05) is 25.0 Å². The van der Waals surface area contributed by atoms with Crippen LogP contribution in [0, 0.1) is 0 Å². The molecule has 2 atom stereocenters. The predicted molar refractivity (Wildman–Crippen MR) is 69.5 cm³/mol. The number of piperidine rings is 1. The quantitative estimate of drug-likeness (QED) is 0.741. The van der Waals surface area contributed by atoms with E-state index in [0.29, 0.717) is 31.5 Å². The SMILES string of the molecule is CC1CCCC(C)N1C(=O)NCCCCC(=O)O. The lowest BCUT2D eigenvalue weighted by Gasteiger charge is -2.38. The highest BCUT2D eigenvalue weighted by atomic mass is 16.4. The summed E-state index contributed by atoms with van der Waals surface area (Å²) in [7, 11) is 0. The minimum atomic E-state index is -0.778. The van der Waals surface area contributed by atoms with Crippen LogP contribution in [0.5, 0.6) is 0 Å². The van der Waals surface area contributed by atoms with Crippen molar-refractivity contribution in [3.8, 4) is 0 Å². The molecule has 0 saturated carbocycles. The number of amides is 2. The fourth-order valence-corrected chi connectivity index (χ4v) is 2.51. The maximum atomic E-state index is 12.0. The maximum absolute atomic E-state index is 12.0. The number of hydrogen-bond donors (Lipinski definition) is 2. The number of carboxylic acids is 1. The summed E-state index contributed by atoms with van der Waals surface area (Å²) < 4.78 is 0. The fourth-order valence-electron chi connectivity index (χ4n) is 2.51. The number of aliphatic carboxylic acids is 1. The molecule has 0 aromatic heterocycles. The smallest absolute Gasteiger partial charge is 0.317 e. The van der Waals surface area contributed by atoms with Crippen LogP contribution in [-0.4, -0.2) is 40.6 Å². The van der Waals surface area contributed by atoms with Crippen molar-refractivity contribution in [2.24, 2.45) is 0 Å². The van der Waals surface area contributed by atoms with Crippen LogP contribution < -0.4 is 5.32 Å². The molecule has 1 heterocycles. The molecule has 18 heavy (non-hydrogen) atoms. The zero-order chi connectivity index (χ0) is 13.5. The van der Waals surface area contributed by atoms with Gasteiger partial charge in [-0.3, -0.25) is 4.79 Å². The summed E-state index contributed by atoms with van der Waals surface area (Å²) >= 11 is 0. The van der Waals surface area contributed by atoms with Gasteiger partial charge in [-0.2, -0.15) is 0 Å². The Bertz CT molecular complexity index is 284. The first-order valence-electron chi connectivity index (χ1n) is 6.80. The van der Waals surface area contributed by atoms with Crippen LogP contribution in [0.25, 0.3) is 0 Å². The molecular weight excluding hydrogens is 232 g/mol. The van der Waals surface area contributed by atoms with Gasteiger partial charge in [-0.1, -0.05) is 0 Å². The van der Waals surface area contributed by atoms with E-state index in [1.54, 1.807) is 0 Å². The standard InChI is InChI=1S/C13H24N2O3/c1-10-6-5-7-11(2)15(10)13(18)14-9-4-3-8-12(16)17/h10-11H,3-9H2,1-2H3,(H,14,18)(H,16,17). The Labute approximate surface area is 109 Å². The molecule has 1 fully saturated rings. The average Bonchev–Trinajstić information content (AvgIpc) is 2.27.